The lowest BCUT2D eigenvalue weighted by atomic mass is 10.2. The summed E-state index contributed by atoms with van der Waals surface area (Å²) in [6, 6.07) is 10.3. The Morgan fingerprint density at radius 3 is 2.86 bits per heavy atom. The number of fused-ring (bicyclic) bond motifs is 1. The summed E-state index contributed by atoms with van der Waals surface area (Å²) in [6.07, 6.45) is 1.10. The largest absolute Gasteiger partial charge is 0.454 e. The van der Waals surface area contributed by atoms with Crippen LogP contribution in [-0.2, 0) is 6.54 Å². The summed E-state index contributed by atoms with van der Waals surface area (Å²) in [7, 11) is 0. The molecule has 0 saturated carbocycles. The first-order valence-electron chi connectivity index (χ1n) is 8.47. The Morgan fingerprint density at radius 2 is 2.04 bits per heavy atom. The van der Waals surface area contributed by atoms with Gasteiger partial charge in [-0.3, -0.25) is 14.2 Å². The van der Waals surface area contributed by atoms with E-state index in [4.69, 9.17) is 9.47 Å². The molecule has 9 heteroatoms. The van der Waals surface area contributed by atoms with Gasteiger partial charge in [-0.15, -0.1) is 0 Å². The van der Waals surface area contributed by atoms with Gasteiger partial charge in [0.2, 0.25) is 6.79 Å². The molecule has 2 aromatic heterocycles. The molecule has 0 saturated heterocycles. The minimum Gasteiger partial charge on any atom is -0.454 e. The summed E-state index contributed by atoms with van der Waals surface area (Å²) < 4.78 is 11.5. The Hall–Kier alpha value is -3.88. The molecule has 1 aliphatic rings. The van der Waals surface area contributed by atoms with Crippen molar-refractivity contribution in [1.29, 1.82) is 0 Å². The third-order valence-corrected chi connectivity index (χ3v) is 4.21. The van der Waals surface area contributed by atoms with Crippen molar-refractivity contribution in [2.45, 2.75) is 13.5 Å². The number of amides is 1. The van der Waals surface area contributed by atoms with E-state index in [1.807, 2.05) is 0 Å². The van der Waals surface area contributed by atoms with Gasteiger partial charge in [-0.25, -0.2) is 9.78 Å². The van der Waals surface area contributed by atoms with Crippen LogP contribution in [0.1, 0.15) is 21.6 Å². The highest BCUT2D eigenvalue weighted by Crippen LogP contribution is 2.32. The maximum Gasteiger partial charge on any atom is 0.328 e. The molecular weight excluding hydrogens is 364 g/mol. The lowest BCUT2D eigenvalue weighted by Crippen LogP contribution is -2.39. The fraction of sp³-hybridized carbons (Fsp3) is 0.158. The maximum absolute atomic E-state index is 12.7. The third kappa shape index (κ3) is 3.37. The van der Waals surface area contributed by atoms with Crippen molar-refractivity contribution in [1.82, 2.24) is 14.5 Å². The fourth-order valence-electron chi connectivity index (χ4n) is 2.84. The zero-order valence-corrected chi connectivity index (χ0v) is 14.9. The SMILES string of the molecule is Cc1cccc(NC(=O)c2c[nH]c(=O)n(Cc3ccc4c(c3)OCO4)c2=O)n1. The van der Waals surface area contributed by atoms with Gasteiger partial charge in [0.1, 0.15) is 11.4 Å². The third-order valence-electron chi connectivity index (χ3n) is 4.21. The molecule has 0 atom stereocenters. The second-order valence-electron chi connectivity index (χ2n) is 6.20. The van der Waals surface area contributed by atoms with Crippen LogP contribution < -0.4 is 26.0 Å². The van der Waals surface area contributed by atoms with Crippen LogP contribution in [0.25, 0.3) is 0 Å². The number of nitrogens with one attached hydrogen (secondary N) is 2. The molecule has 0 bridgehead atoms. The highest BCUT2D eigenvalue weighted by Gasteiger charge is 2.17. The van der Waals surface area contributed by atoms with Gasteiger partial charge in [-0.1, -0.05) is 12.1 Å². The zero-order valence-electron chi connectivity index (χ0n) is 14.9. The Morgan fingerprint density at radius 1 is 1.21 bits per heavy atom. The summed E-state index contributed by atoms with van der Waals surface area (Å²) >= 11 is 0. The highest BCUT2D eigenvalue weighted by atomic mass is 16.7. The number of H-pyrrole nitrogens is 1. The quantitative estimate of drug-likeness (QED) is 0.704. The molecule has 9 nitrogen and oxygen atoms in total. The van der Waals surface area contributed by atoms with Crippen molar-refractivity contribution in [2.75, 3.05) is 12.1 Å². The van der Waals surface area contributed by atoms with Gasteiger partial charge in [0.15, 0.2) is 11.5 Å². The summed E-state index contributed by atoms with van der Waals surface area (Å²) in [4.78, 5) is 44.0. The Bertz CT molecular complexity index is 1180. The van der Waals surface area contributed by atoms with Gasteiger partial charge in [0.25, 0.3) is 11.5 Å². The number of hydrogen-bond acceptors (Lipinski definition) is 6. The van der Waals surface area contributed by atoms with E-state index < -0.39 is 17.2 Å². The standard InChI is InChI=1S/C19H16N4O5/c1-11-3-2-4-16(21-11)22-17(24)13-8-20-19(26)23(18(13)25)9-12-5-6-14-15(7-12)28-10-27-14/h2-8H,9-10H2,1H3,(H,20,26)(H,21,22,24). The summed E-state index contributed by atoms with van der Waals surface area (Å²) in [5.74, 6) is 0.807. The highest BCUT2D eigenvalue weighted by molar-refractivity contribution is 6.03. The number of nitrogens with zero attached hydrogens (tertiary/aromatic N) is 2. The van der Waals surface area contributed by atoms with Crippen LogP contribution in [0.4, 0.5) is 5.82 Å². The molecule has 0 radical (unpaired) electrons. The van der Waals surface area contributed by atoms with Crippen molar-refractivity contribution in [3.8, 4) is 11.5 Å². The van der Waals surface area contributed by atoms with Gasteiger partial charge in [0.05, 0.1) is 6.54 Å². The number of hydrogen-bond donors (Lipinski definition) is 2. The van der Waals surface area contributed by atoms with Gasteiger partial charge >= 0.3 is 5.69 Å². The molecule has 1 aromatic carbocycles. The first kappa shape index (κ1) is 17.5. The van der Waals surface area contributed by atoms with Crippen LogP contribution in [0.2, 0.25) is 0 Å². The van der Waals surface area contributed by atoms with Crippen molar-refractivity contribution in [2.24, 2.45) is 0 Å². The molecule has 1 amide bonds. The van der Waals surface area contributed by atoms with Gasteiger partial charge in [-0.05, 0) is 36.8 Å². The number of anilines is 1. The Balaban J connectivity index is 1.63. The average molecular weight is 380 g/mol. The van der Waals surface area contributed by atoms with Crippen molar-refractivity contribution in [3.05, 3.63) is 80.3 Å². The molecule has 1 aliphatic heterocycles. The molecular formula is C19H16N4O5. The molecule has 3 aromatic rings. The number of rotatable bonds is 4. The molecule has 2 N–H and O–H groups in total. The molecule has 0 aliphatic carbocycles. The van der Waals surface area contributed by atoms with E-state index in [-0.39, 0.29) is 18.9 Å². The number of carbonyl (C=O) groups excluding carboxylic acids is 1. The minimum absolute atomic E-state index is 0.0192. The van der Waals surface area contributed by atoms with Gasteiger partial charge < -0.3 is 19.8 Å². The fourth-order valence-corrected chi connectivity index (χ4v) is 2.84. The van der Waals surface area contributed by atoms with Gasteiger partial charge in [0, 0.05) is 11.9 Å². The number of carbonyl (C=O) groups is 1. The van der Waals surface area contributed by atoms with Crippen molar-refractivity contribution < 1.29 is 14.3 Å². The summed E-state index contributed by atoms with van der Waals surface area (Å²) in [5, 5.41) is 2.56. The van der Waals surface area contributed by atoms with Crippen molar-refractivity contribution >= 4 is 11.7 Å². The van der Waals surface area contributed by atoms with E-state index in [0.717, 1.165) is 16.5 Å². The smallest absolute Gasteiger partial charge is 0.328 e. The van der Waals surface area contributed by atoms with E-state index in [0.29, 0.717) is 22.9 Å². The second kappa shape index (κ2) is 7.03. The summed E-state index contributed by atoms with van der Waals surface area (Å²) in [6.45, 7) is 1.89. The van der Waals surface area contributed by atoms with E-state index in [1.165, 1.54) is 0 Å². The number of pyridine rings is 1. The second-order valence-corrected chi connectivity index (χ2v) is 6.20. The first-order chi connectivity index (χ1) is 13.5. The molecule has 4 rings (SSSR count). The van der Waals surface area contributed by atoms with Gasteiger partial charge in [-0.2, -0.15) is 0 Å². The topological polar surface area (TPSA) is 115 Å². The number of aromatic amines is 1. The summed E-state index contributed by atoms with van der Waals surface area (Å²) in [5.41, 5.74) is -0.127. The zero-order chi connectivity index (χ0) is 19.7. The van der Waals surface area contributed by atoms with Crippen LogP contribution in [0, 0.1) is 6.92 Å². The molecule has 3 heterocycles. The van der Waals surface area contributed by atoms with E-state index in [9.17, 15) is 14.4 Å². The number of aryl methyl sites for hydroxylation is 1. The average Bonchev–Trinajstić information content (AvgIpc) is 3.13. The van der Waals surface area contributed by atoms with E-state index in [1.54, 1.807) is 43.3 Å². The molecule has 28 heavy (non-hydrogen) atoms. The van der Waals surface area contributed by atoms with E-state index >= 15 is 0 Å². The Labute approximate surface area is 158 Å². The number of ether oxygens (including phenoxy) is 2. The lowest BCUT2D eigenvalue weighted by molar-refractivity contribution is 0.102. The monoisotopic (exact) mass is 380 g/mol. The minimum atomic E-state index is -0.702. The molecule has 0 unspecified atom stereocenters. The predicted molar refractivity (Wildman–Crippen MR) is 99.9 cm³/mol. The Kier molecular flexibility index (Phi) is 4.40. The first-order valence-corrected chi connectivity index (χ1v) is 8.47. The lowest BCUT2D eigenvalue weighted by Gasteiger charge is -2.09. The van der Waals surface area contributed by atoms with Crippen LogP contribution in [0.3, 0.4) is 0 Å². The van der Waals surface area contributed by atoms with Crippen molar-refractivity contribution in [3.63, 3.8) is 0 Å². The van der Waals surface area contributed by atoms with Crippen LogP contribution in [0.15, 0.2) is 52.2 Å². The predicted octanol–water partition coefficient (Wildman–Crippen LogP) is 1.27. The molecule has 142 valence electrons. The van der Waals surface area contributed by atoms with E-state index in [2.05, 4.69) is 15.3 Å². The number of benzene rings is 1. The maximum atomic E-state index is 12.7. The van der Waals surface area contributed by atoms with Crippen LogP contribution >= 0.6 is 0 Å². The normalized spacial score (nSPS) is 12.0. The molecule has 0 fully saturated rings. The van der Waals surface area contributed by atoms with Crippen LogP contribution in [-0.4, -0.2) is 27.2 Å². The van der Waals surface area contributed by atoms with Crippen LogP contribution in [0.5, 0.6) is 11.5 Å². The molecule has 0 spiro atoms. The number of aromatic nitrogens is 3.